The van der Waals surface area contributed by atoms with Crippen LogP contribution in [0.3, 0.4) is 0 Å². The Morgan fingerprint density at radius 2 is 0.561 bits per heavy atom. The lowest BCUT2D eigenvalue weighted by atomic mass is 9.78. The number of nitrogens with zero attached hydrogens (tertiary/aromatic N) is 7. The number of hydrogen-bond acceptors (Lipinski definition) is 3. The lowest BCUT2D eigenvalue weighted by Gasteiger charge is -2.29. The maximum atomic E-state index is 2.64. The summed E-state index contributed by atoms with van der Waals surface area (Å²) in [4.78, 5) is 7.47. The van der Waals surface area contributed by atoms with E-state index in [2.05, 4.69) is 455 Å². The average molecular weight is 1570 g/mol. The van der Waals surface area contributed by atoms with Gasteiger partial charge in [-0.25, -0.2) is 0 Å². The van der Waals surface area contributed by atoms with E-state index in [4.69, 9.17) is 0 Å². The summed E-state index contributed by atoms with van der Waals surface area (Å²) in [6, 6.07) is 146. The highest BCUT2D eigenvalue weighted by molar-refractivity contribution is 6.38. The number of aromatic nitrogens is 4. The van der Waals surface area contributed by atoms with Gasteiger partial charge in [-0.05, 0) is 226 Å². The Labute approximate surface area is 710 Å². The third kappa shape index (κ3) is 9.93. The van der Waals surface area contributed by atoms with E-state index < -0.39 is 0 Å². The summed E-state index contributed by atoms with van der Waals surface area (Å²) in [5, 5.41) is 19.9. The smallest absolute Gasteiger partial charge is 0.0642 e. The maximum Gasteiger partial charge on any atom is 0.0642 e. The average Bonchev–Trinajstić information content (AvgIpc) is 1.50. The van der Waals surface area contributed by atoms with Gasteiger partial charge in [-0.3, -0.25) is 0 Å². The molecule has 0 saturated carbocycles. The highest BCUT2D eigenvalue weighted by atomic mass is 15.2. The van der Waals surface area contributed by atoms with E-state index in [9.17, 15) is 0 Å². The van der Waals surface area contributed by atoms with Crippen LogP contribution in [0.4, 0.5) is 51.2 Å². The van der Waals surface area contributed by atoms with Crippen LogP contribution >= 0.6 is 0 Å². The Kier molecular flexibility index (Phi) is 14.6. The van der Waals surface area contributed by atoms with Crippen molar-refractivity contribution in [1.29, 1.82) is 0 Å². The summed E-state index contributed by atoms with van der Waals surface area (Å²) in [7, 11) is 0. The van der Waals surface area contributed by atoms with Crippen LogP contribution < -0.4 is 14.7 Å². The monoisotopic (exact) mass is 1570 g/mol. The van der Waals surface area contributed by atoms with Crippen LogP contribution in [0, 0.1) is 0 Å². The molecule has 0 N–H and O–H groups in total. The quantitative estimate of drug-likeness (QED) is 0.109. The largest absolute Gasteiger partial charge is 0.310 e. The van der Waals surface area contributed by atoms with Crippen molar-refractivity contribution < 1.29 is 0 Å². The molecule has 0 saturated heterocycles. The van der Waals surface area contributed by atoms with Gasteiger partial charge in [0.25, 0.3) is 0 Å². The van der Waals surface area contributed by atoms with Gasteiger partial charge >= 0.3 is 0 Å². The molecule has 26 rings (SSSR count). The molecular formula is C116H81N7. The summed E-state index contributed by atoms with van der Waals surface area (Å²) in [5.41, 5.74) is 32.9. The van der Waals surface area contributed by atoms with Crippen molar-refractivity contribution in [3.05, 3.63) is 405 Å². The third-order valence-electron chi connectivity index (χ3n) is 27.3. The van der Waals surface area contributed by atoms with Gasteiger partial charge in [-0.1, -0.05) is 253 Å². The molecule has 7 nitrogen and oxygen atoms in total. The van der Waals surface area contributed by atoms with Crippen LogP contribution in [-0.2, 0) is 17.3 Å². The molecule has 0 unspecified atom stereocenters. The Hall–Kier alpha value is -15.4. The number of fused-ring (bicyclic) bond motifs is 26. The normalized spacial score (nSPS) is 12.6. The van der Waals surface area contributed by atoms with Gasteiger partial charge in [0.2, 0.25) is 0 Å². The maximum absolute atomic E-state index is 2.64. The topological polar surface area (TPSA) is 27.4 Å². The van der Waals surface area contributed by atoms with Crippen molar-refractivity contribution in [3.63, 3.8) is 0 Å². The first-order valence-electron chi connectivity index (χ1n) is 43.1. The summed E-state index contributed by atoms with van der Waals surface area (Å²) >= 11 is 0. The van der Waals surface area contributed by atoms with Crippen molar-refractivity contribution in [2.24, 2.45) is 0 Å². The lowest BCUT2D eigenvalue weighted by molar-refractivity contribution is 0.523. The number of benzene rings is 18. The van der Waals surface area contributed by atoms with Gasteiger partial charge in [0.1, 0.15) is 0 Å². The molecule has 18 aromatic carbocycles. The molecule has 0 amide bonds. The molecule has 7 heteroatoms. The Bertz CT molecular complexity index is 8680. The van der Waals surface area contributed by atoms with E-state index >= 15 is 0 Å². The molecular weight excluding hydrogens is 1490 g/mol. The second-order valence-corrected chi connectivity index (χ2v) is 35.7. The number of para-hydroxylation sites is 6. The molecule has 26 aromatic rings. The zero-order valence-corrected chi connectivity index (χ0v) is 68.8. The Morgan fingerprint density at radius 1 is 0.203 bits per heavy atom. The molecule has 8 heterocycles. The predicted molar refractivity (Wildman–Crippen MR) is 522 cm³/mol. The lowest BCUT2D eigenvalue weighted by Crippen LogP contribution is -2.21. The van der Waals surface area contributed by atoms with E-state index in [0.29, 0.717) is 0 Å². The molecule has 123 heavy (non-hydrogen) atoms. The van der Waals surface area contributed by atoms with Crippen LogP contribution in [0.25, 0.3) is 175 Å². The summed E-state index contributed by atoms with van der Waals surface area (Å²) in [6.07, 6.45) is 0.781. The number of anilines is 9. The molecule has 0 aliphatic heterocycles. The van der Waals surface area contributed by atoms with E-state index in [1.165, 1.54) is 191 Å². The first-order chi connectivity index (χ1) is 60.5. The number of hydrogen-bond donors (Lipinski definition) is 0. The van der Waals surface area contributed by atoms with Gasteiger partial charge in [-0.2, -0.15) is 0 Å². The zero-order chi connectivity index (χ0) is 81.4. The molecule has 0 aliphatic carbocycles. The van der Waals surface area contributed by atoms with Gasteiger partial charge in [0.05, 0.1) is 83.3 Å². The van der Waals surface area contributed by atoms with Gasteiger partial charge in [-0.15, -0.1) is 0 Å². The minimum atomic E-state index is -0.349. The number of rotatable bonds is 14. The van der Waals surface area contributed by atoms with Gasteiger partial charge in [0.15, 0.2) is 0 Å². The minimum absolute atomic E-state index is 0.0825. The van der Waals surface area contributed by atoms with Crippen molar-refractivity contribution in [3.8, 4) is 22.3 Å². The van der Waals surface area contributed by atoms with Crippen LogP contribution in [0.5, 0.6) is 0 Å². The predicted octanol–water partition coefficient (Wildman–Crippen LogP) is 31.8. The van der Waals surface area contributed by atoms with E-state index in [-0.39, 0.29) is 10.8 Å². The van der Waals surface area contributed by atoms with Crippen molar-refractivity contribution in [2.75, 3.05) is 14.7 Å². The second-order valence-electron chi connectivity index (χ2n) is 35.7. The fourth-order valence-electron chi connectivity index (χ4n) is 21.9. The van der Waals surface area contributed by atoms with Crippen LogP contribution in [-0.4, -0.2) is 17.6 Å². The van der Waals surface area contributed by atoms with Crippen LogP contribution in [0.2, 0.25) is 0 Å². The minimum Gasteiger partial charge on any atom is -0.310 e. The molecule has 0 bridgehead atoms. The summed E-state index contributed by atoms with van der Waals surface area (Å²) < 4.78 is 10.4. The molecule has 580 valence electrons. The Morgan fingerprint density at radius 3 is 1.12 bits per heavy atom. The fourth-order valence-corrected chi connectivity index (χ4v) is 21.9. The second kappa shape index (κ2) is 25.8. The van der Waals surface area contributed by atoms with Crippen molar-refractivity contribution in [2.45, 2.75) is 51.9 Å². The van der Waals surface area contributed by atoms with Crippen molar-refractivity contribution >= 4 is 204 Å². The fraction of sp³-hybridized carbons (Fsp3) is 0.0690. The summed E-state index contributed by atoms with van der Waals surface area (Å²) in [5.74, 6) is 0. The highest BCUT2D eigenvalue weighted by Crippen LogP contribution is 2.57. The zero-order valence-electron chi connectivity index (χ0n) is 68.8. The molecule has 0 fully saturated rings. The van der Waals surface area contributed by atoms with Crippen LogP contribution in [0.1, 0.15) is 51.3 Å². The van der Waals surface area contributed by atoms with Gasteiger partial charge in [0, 0.05) is 120 Å². The molecule has 0 aliphatic rings. The summed E-state index contributed by atoms with van der Waals surface area (Å²) in [6.45, 7) is 11.9. The first-order valence-corrected chi connectivity index (χ1v) is 43.1. The van der Waals surface area contributed by atoms with Crippen LogP contribution in [0.15, 0.2) is 388 Å². The molecule has 8 aromatic heterocycles. The third-order valence-corrected chi connectivity index (χ3v) is 27.3. The molecule has 0 radical (unpaired) electrons. The van der Waals surface area contributed by atoms with E-state index in [0.717, 1.165) is 57.6 Å². The first kappa shape index (κ1) is 69.5. The SMILES string of the molecule is CC(C)(C)c1ccc2c(c1)c1c(N(c3ccccc3)c3ccccc3)ccc3c4ccc5c(c6ccc(N(c7ccccc7)c7ccccc7)c7c8cc(C(C)(C)Cc9cccc(N(c%10ccccc%10)c%10ccc%11c%12ccccc%12n%12c%11c%10c%10ccc%11c(c%13cc(-c%14ccccc%14)cc%14c%15cc(-c%16ccccc%16)ccc%15n%11c%14%13)c%10%12)c9)ccc8n5c67)c4n2c31. The van der Waals surface area contributed by atoms with Gasteiger partial charge < -0.3 is 32.3 Å². The highest BCUT2D eigenvalue weighted by Gasteiger charge is 2.34. The van der Waals surface area contributed by atoms with E-state index in [1.807, 2.05) is 0 Å². The Balaban J connectivity index is 0.658. The molecule has 0 atom stereocenters. The van der Waals surface area contributed by atoms with E-state index in [1.54, 1.807) is 0 Å². The standard InChI is InChI=1S/C116H81N7/c1-115(2,3)76-49-57-98-92(68-76)106-100(117(78-35-17-8-18-36-78)79-37-19-9-20-38-79)60-52-87-86-53-61-102-105(111(86)123(98)112(87)106)88-54-62-101(118(80-39-21-10-22-40-80)81-41-23-11-24-42-81)107-93-69-77(50-58-97(93)121(102)113(88)107)116(4,5)70-71-30-29-45-83(64-71)119(82-43-25-12-26-44-82)99-59-51-85-84-46-27-28-47-95(84)122-110(85)104(99)89-55-63-103-108(114(89)122)94-67-75(73-33-15-7-16-34-73)66-91-90-65-74(72-31-13-6-14-32-72)48-56-96(90)120(103)109(91)94/h6-69H,70H2,1-5H3. The molecule has 0 spiro atoms. The van der Waals surface area contributed by atoms with Crippen molar-refractivity contribution in [1.82, 2.24) is 17.6 Å².